The fourth-order valence-electron chi connectivity index (χ4n) is 12.7. The average molecular weight is 1100 g/mol. The Morgan fingerprint density at radius 2 is 0.654 bits per heavy atom. The quantitative estimate of drug-likeness (QED) is 0.0565. The van der Waals surface area contributed by atoms with Gasteiger partial charge in [-0.2, -0.15) is 0 Å². The van der Waals surface area contributed by atoms with Crippen LogP contribution in [0.4, 0.5) is 0 Å². The van der Waals surface area contributed by atoms with Gasteiger partial charge in [0.05, 0.1) is 37.3 Å². The molecule has 0 heterocycles. The van der Waals surface area contributed by atoms with E-state index in [9.17, 15) is 0 Å². The predicted octanol–water partition coefficient (Wildman–Crippen LogP) is 19.1. The van der Waals surface area contributed by atoms with E-state index < -0.39 is 10.8 Å². The van der Waals surface area contributed by atoms with Crippen molar-refractivity contribution in [3.63, 3.8) is 0 Å². The summed E-state index contributed by atoms with van der Waals surface area (Å²) in [4.78, 5) is 0. The largest absolute Gasteiger partial charge is 0.377 e. The second kappa shape index (κ2) is 24.0. The summed E-state index contributed by atoms with van der Waals surface area (Å²) in [5.74, 6) is 0. The molecule has 0 unspecified atom stereocenters. The Bertz CT molecular complexity index is 3170. The maximum Gasteiger partial charge on any atom is 0.0716 e. The van der Waals surface area contributed by atoms with Gasteiger partial charge >= 0.3 is 0 Å². The highest BCUT2D eigenvalue weighted by Gasteiger charge is 2.52. The van der Waals surface area contributed by atoms with E-state index in [-0.39, 0.29) is 0 Å². The number of hydrogen-bond acceptors (Lipinski definition) is 4. The molecule has 0 N–H and O–H groups in total. The molecule has 5 heteroatoms. The fraction of sp³-hybridized carbons (Fsp3) is 0.315. The molecular weight excluding hydrogens is 1020 g/mol. The minimum atomic E-state index is -0.708. The SMILES string of the molecule is CCCCOCc1ccc(C2(c3ccc(COCCCC)cc3)c3cc4c(cc3-c3c2cc(C)c2ccccc32)C(c2ccc(COCCCC)cc2)(c2ccc(COCCCC)cc2)c2cc(Br)c3ccccc3c2-4)cc1. The van der Waals surface area contributed by atoms with E-state index >= 15 is 0 Å². The highest BCUT2D eigenvalue weighted by Crippen LogP contribution is 2.65. The molecule has 0 amide bonds. The van der Waals surface area contributed by atoms with Crippen LogP contribution >= 0.6 is 15.9 Å². The predicted molar refractivity (Wildman–Crippen MR) is 327 cm³/mol. The van der Waals surface area contributed by atoms with Crippen LogP contribution in [0.1, 0.15) is 151 Å². The van der Waals surface area contributed by atoms with Crippen molar-refractivity contribution in [2.75, 3.05) is 26.4 Å². The van der Waals surface area contributed by atoms with Crippen molar-refractivity contribution in [1.29, 1.82) is 0 Å². The second-order valence-electron chi connectivity index (χ2n) is 21.8. The molecule has 0 fully saturated rings. The third-order valence-corrected chi connectivity index (χ3v) is 17.4. The third-order valence-electron chi connectivity index (χ3n) is 16.7. The first-order chi connectivity index (χ1) is 38.4. The summed E-state index contributed by atoms with van der Waals surface area (Å²) in [5, 5.41) is 4.97. The minimum absolute atomic E-state index is 0.585. The average Bonchev–Trinajstić information content (AvgIpc) is 4.09. The summed E-state index contributed by atoms with van der Waals surface area (Å²) < 4.78 is 26.0. The van der Waals surface area contributed by atoms with Crippen LogP contribution in [0.2, 0.25) is 0 Å². The van der Waals surface area contributed by atoms with Gasteiger partial charge in [0.1, 0.15) is 0 Å². The van der Waals surface area contributed by atoms with Crippen LogP contribution in [-0.2, 0) is 56.2 Å². The van der Waals surface area contributed by atoms with E-state index in [1.807, 2.05) is 0 Å². The zero-order valence-electron chi connectivity index (χ0n) is 46.5. The highest BCUT2D eigenvalue weighted by atomic mass is 79.9. The van der Waals surface area contributed by atoms with E-state index in [1.54, 1.807) is 0 Å². The molecule has 9 aromatic rings. The molecule has 2 aliphatic rings. The Morgan fingerprint density at radius 3 is 1.00 bits per heavy atom. The lowest BCUT2D eigenvalue weighted by Crippen LogP contribution is -2.30. The lowest BCUT2D eigenvalue weighted by molar-refractivity contribution is 0.118. The minimum Gasteiger partial charge on any atom is -0.377 e. The van der Waals surface area contributed by atoms with Gasteiger partial charge in [0.2, 0.25) is 0 Å². The number of unbranched alkanes of at least 4 members (excludes halogenated alkanes) is 4. The molecule has 0 saturated carbocycles. The van der Waals surface area contributed by atoms with E-state index in [2.05, 4.69) is 220 Å². The Hall–Kier alpha value is -6.18. The monoisotopic (exact) mass is 1090 g/mol. The van der Waals surface area contributed by atoms with Crippen molar-refractivity contribution in [3.8, 4) is 22.3 Å². The van der Waals surface area contributed by atoms with Gasteiger partial charge in [-0.1, -0.05) is 221 Å². The van der Waals surface area contributed by atoms with Gasteiger partial charge in [-0.25, -0.2) is 0 Å². The maximum atomic E-state index is 6.23. The second-order valence-corrected chi connectivity index (χ2v) is 22.7. The van der Waals surface area contributed by atoms with Crippen molar-refractivity contribution < 1.29 is 18.9 Å². The molecule has 0 aliphatic heterocycles. The van der Waals surface area contributed by atoms with Crippen LogP contribution in [0.5, 0.6) is 0 Å². The van der Waals surface area contributed by atoms with Crippen LogP contribution in [-0.4, -0.2) is 26.4 Å². The fourth-order valence-corrected chi connectivity index (χ4v) is 13.3. The summed E-state index contributed by atoms with van der Waals surface area (Å²) in [6.45, 7) is 16.6. The molecule has 0 saturated heterocycles. The van der Waals surface area contributed by atoms with Gasteiger partial charge in [0.15, 0.2) is 0 Å². The Balaban J connectivity index is 1.22. The van der Waals surface area contributed by atoms with Crippen molar-refractivity contribution in [2.24, 2.45) is 0 Å². The zero-order chi connectivity index (χ0) is 53.6. The molecule has 0 spiro atoms. The molecule has 0 radical (unpaired) electrons. The van der Waals surface area contributed by atoms with E-state index in [1.165, 1.54) is 116 Å². The van der Waals surface area contributed by atoms with E-state index in [0.29, 0.717) is 26.4 Å². The van der Waals surface area contributed by atoms with Crippen LogP contribution in [0, 0.1) is 6.92 Å². The molecule has 0 bridgehead atoms. The number of halogens is 1. The number of aryl methyl sites for hydroxylation is 1. The lowest BCUT2D eigenvalue weighted by atomic mass is 9.65. The van der Waals surface area contributed by atoms with Gasteiger partial charge in [-0.3, -0.25) is 0 Å². The highest BCUT2D eigenvalue weighted by molar-refractivity contribution is 9.10. The van der Waals surface area contributed by atoms with Crippen LogP contribution in [0.25, 0.3) is 43.8 Å². The first-order valence-corrected chi connectivity index (χ1v) is 29.8. The zero-order valence-corrected chi connectivity index (χ0v) is 48.1. The van der Waals surface area contributed by atoms with E-state index in [4.69, 9.17) is 18.9 Å². The van der Waals surface area contributed by atoms with E-state index in [0.717, 1.165) is 82.3 Å². The molecule has 0 atom stereocenters. The van der Waals surface area contributed by atoms with Crippen LogP contribution in [0.3, 0.4) is 0 Å². The van der Waals surface area contributed by atoms with Crippen LogP contribution in [0.15, 0.2) is 174 Å². The number of rotatable bonds is 24. The van der Waals surface area contributed by atoms with Gasteiger partial charge in [-0.05, 0) is 167 Å². The number of fused-ring (bicyclic) bond motifs is 10. The molecule has 11 rings (SSSR count). The first-order valence-electron chi connectivity index (χ1n) is 29.0. The molecule has 78 heavy (non-hydrogen) atoms. The molecular formula is C73H75BrO4. The topological polar surface area (TPSA) is 36.9 Å². The van der Waals surface area contributed by atoms with Crippen molar-refractivity contribution in [2.45, 2.75) is 123 Å². The van der Waals surface area contributed by atoms with Gasteiger partial charge in [-0.15, -0.1) is 0 Å². The normalized spacial score (nSPS) is 13.7. The smallest absolute Gasteiger partial charge is 0.0716 e. The Morgan fingerprint density at radius 1 is 0.346 bits per heavy atom. The van der Waals surface area contributed by atoms with Gasteiger partial charge < -0.3 is 18.9 Å². The molecule has 4 nitrogen and oxygen atoms in total. The molecule has 0 aromatic heterocycles. The van der Waals surface area contributed by atoms with Crippen LogP contribution < -0.4 is 0 Å². The maximum absolute atomic E-state index is 6.23. The summed E-state index contributed by atoms with van der Waals surface area (Å²) in [5.41, 5.74) is 19.7. The third kappa shape index (κ3) is 9.79. The number of benzene rings is 9. The molecule has 9 aromatic carbocycles. The van der Waals surface area contributed by atoms with Crippen molar-refractivity contribution in [3.05, 3.63) is 247 Å². The molecule has 398 valence electrons. The number of ether oxygens (including phenoxy) is 4. The summed E-state index contributed by atoms with van der Waals surface area (Å²) in [7, 11) is 0. The number of hydrogen-bond donors (Lipinski definition) is 0. The van der Waals surface area contributed by atoms with Gasteiger partial charge in [0.25, 0.3) is 0 Å². The van der Waals surface area contributed by atoms with Gasteiger partial charge in [0, 0.05) is 30.9 Å². The summed E-state index contributed by atoms with van der Waals surface area (Å²) >= 11 is 4.19. The Kier molecular flexibility index (Phi) is 16.6. The Labute approximate surface area is 472 Å². The lowest BCUT2D eigenvalue weighted by Gasteiger charge is -2.36. The standard InChI is InChI=1S/C73H75BrO4/c1-6-10-38-75-46-51-22-30-55(31-23-51)72(56-32-24-52(25-33-56)47-76-39-11-7-2)65-44-64-66(43-63(65)70-61-20-16-14-18-59(61)50(5)42-67(70)72)73(57-34-26-53(27-35-57)48-77-40-12-8-3,58-36-28-54(29-37-58)49-78-41-13-9-4)68-45-69(74)60-19-15-17-21-62(60)71(64)68/h14-37,42-45H,6-13,38-41,46-49H2,1-5H3. The summed E-state index contributed by atoms with van der Waals surface area (Å²) in [6.07, 6.45) is 8.67. The molecule has 2 aliphatic carbocycles. The van der Waals surface area contributed by atoms with Crippen molar-refractivity contribution >= 4 is 37.5 Å². The summed E-state index contributed by atoms with van der Waals surface area (Å²) in [6, 6.07) is 65.8. The van der Waals surface area contributed by atoms with Crippen molar-refractivity contribution in [1.82, 2.24) is 0 Å². The first kappa shape index (κ1) is 53.8.